The molecule has 0 aromatic carbocycles. The first-order valence-electron chi connectivity index (χ1n) is 7.11. The zero-order valence-electron chi connectivity index (χ0n) is 10.8. The van der Waals surface area contributed by atoms with Crippen molar-refractivity contribution in [1.29, 1.82) is 0 Å². The fourth-order valence-electron chi connectivity index (χ4n) is 3.06. The van der Waals surface area contributed by atoms with Crippen LogP contribution in [0.1, 0.15) is 57.8 Å². The molecule has 1 saturated carbocycles. The Kier molecular flexibility index (Phi) is 7.14. The molecule has 0 radical (unpaired) electrons. The third-order valence-electron chi connectivity index (χ3n) is 4.11. The van der Waals surface area contributed by atoms with E-state index in [-0.39, 0.29) is 12.4 Å². The van der Waals surface area contributed by atoms with E-state index in [2.05, 4.69) is 4.90 Å². The van der Waals surface area contributed by atoms with E-state index in [1.807, 2.05) is 0 Å². The number of carbonyl (C=O) groups excluding carboxylic acids is 1. The molecule has 0 spiro atoms. The number of hydrogen-bond acceptors (Lipinski definition) is 2. The number of nitrogens with zero attached hydrogens (tertiary/aromatic N) is 1. The van der Waals surface area contributed by atoms with E-state index in [9.17, 15) is 4.79 Å². The number of likely N-dealkylation sites (tertiary alicyclic amines) is 1. The molecule has 1 aliphatic heterocycles. The lowest BCUT2D eigenvalue weighted by atomic mass is 9.89. The highest BCUT2D eigenvalue weighted by Crippen LogP contribution is 2.21. The van der Waals surface area contributed by atoms with Crippen LogP contribution in [0.3, 0.4) is 0 Å². The summed E-state index contributed by atoms with van der Waals surface area (Å²) in [5, 5.41) is 0. The number of ketones is 1. The van der Waals surface area contributed by atoms with Gasteiger partial charge in [0.2, 0.25) is 0 Å². The molecule has 2 nitrogen and oxygen atoms in total. The molecule has 2 fully saturated rings. The van der Waals surface area contributed by atoms with Crippen molar-refractivity contribution >= 4 is 18.2 Å². The molecule has 0 aromatic heterocycles. The standard InChI is InChI=1S/C14H25NO.ClH/c16-14-9-5-2-1-4-8-13(14)12-15-10-6-3-7-11-15;/h13H,1-12H2;1H. The average Bonchev–Trinajstić information content (AvgIpc) is 2.30. The Labute approximate surface area is 112 Å². The zero-order chi connectivity index (χ0) is 11.2. The number of halogens is 1. The lowest BCUT2D eigenvalue weighted by Gasteiger charge is -2.30. The van der Waals surface area contributed by atoms with Crippen LogP contribution in [0.25, 0.3) is 0 Å². The van der Waals surface area contributed by atoms with Crippen LogP contribution in [0.2, 0.25) is 0 Å². The highest BCUT2D eigenvalue weighted by atomic mass is 35.5. The van der Waals surface area contributed by atoms with E-state index in [0.717, 1.165) is 25.8 Å². The molecule has 0 amide bonds. The first-order valence-corrected chi connectivity index (χ1v) is 7.11. The molecule has 1 aliphatic carbocycles. The SMILES string of the molecule is Cl.O=C1CCCCCCC1CN1CCCCC1. The summed E-state index contributed by atoms with van der Waals surface area (Å²) in [5.74, 6) is 0.906. The third kappa shape index (κ3) is 4.97. The minimum absolute atomic E-state index is 0. The summed E-state index contributed by atoms with van der Waals surface area (Å²) in [6, 6.07) is 0. The Morgan fingerprint density at radius 1 is 0.941 bits per heavy atom. The van der Waals surface area contributed by atoms with Crippen LogP contribution >= 0.6 is 12.4 Å². The Hall–Kier alpha value is -0.0800. The van der Waals surface area contributed by atoms with Crippen LogP contribution in [-0.2, 0) is 4.79 Å². The molecule has 2 rings (SSSR count). The third-order valence-corrected chi connectivity index (χ3v) is 4.11. The van der Waals surface area contributed by atoms with Gasteiger partial charge >= 0.3 is 0 Å². The van der Waals surface area contributed by atoms with E-state index < -0.39 is 0 Å². The number of carbonyl (C=O) groups is 1. The van der Waals surface area contributed by atoms with E-state index >= 15 is 0 Å². The molecule has 0 aromatic rings. The van der Waals surface area contributed by atoms with Crippen LogP contribution in [-0.4, -0.2) is 30.3 Å². The molecule has 1 unspecified atom stereocenters. The number of hydrogen-bond donors (Lipinski definition) is 0. The fourth-order valence-corrected chi connectivity index (χ4v) is 3.06. The normalized spacial score (nSPS) is 28.0. The maximum atomic E-state index is 12.0. The molecule has 0 bridgehead atoms. The van der Waals surface area contributed by atoms with Crippen molar-refractivity contribution in [3.05, 3.63) is 0 Å². The summed E-state index contributed by atoms with van der Waals surface area (Å²) in [6.07, 6.45) is 11.1. The highest BCUT2D eigenvalue weighted by molar-refractivity contribution is 5.85. The molecule has 2 aliphatic rings. The van der Waals surface area contributed by atoms with Gasteiger partial charge in [-0.2, -0.15) is 0 Å². The monoisotopic (exact) mass is 259 g/mol. The minimum Gasteiger partial charge on any atom is -0.303 e. The summed E-state index contributed by atoms with van der Waals surface area (Å²) in [6.45, 7) is 3.51. The average molecular weight is 260 g/mol. The summed E-state index contributed by atoms with van der Waals surface area (Å²) >= 11 is 0. The van der Waals surface area contributed by atoms with Gasteiger partial charge in [-0.05, 0) is 38.8 Å². The number of piperidine rings is 1. The predicted molar refractivity (Wildman–Crippen MR) is 73.7 cm³/mol. The summed E-state index contributed by atoms with van der Waals surface area (Å²) in [7, 11) is 0. The van der Waals surface area contributed by atoms with Crippen LogP contribution in [0.4, 0.5) is 0 Å². The van der Waals surface area contributed by atoms with Crippen molar-refractivity contribution in [1.82, 2.24) is 4.90 Å². The molecule has 1 heterocycles. The Bertz CT molecular complexity index is 226. The second kappa shape index (κ2) is 8.10. The number of Topliss-reactive ketones (excluding diaryl/α,β-unsaturated/α-hetero) is 1. The maximum absolute atomic E-state index is 12.0. The minimum atomic E-state index is 0. The molecule has 3 heteroatoms. The second-order valence-corrected chi connectivity index (χ2v) is 5.48. The summed E-state index contributed by atoms with van der Waals surface area (Å²) in [4.78, 5) is 14.5. The van der Waals surface area contributed by atoms with Crippen molar-refractivity contribution in [2.75, 3.05) is 19.6 Å². The zero-order valence-corrected chi connectivity index (χ0v) is 11.6. The van der Waals surface area contributed by atoms with Gasteiger partial charge in [0.05, 0.1) is 0 Å². The van der Waals surface area contributed by atoms with Crippen molar-refractivity contribution in [2.45, 2.75) is 57.8 Å². The van der Waals surface area contributed by atoms with E-state index in [1.54, 1.807) is 0 Å². The Balaban J connectivity index is 0.00000144. The quantitative estimate of drug-likeness (QED) is 0.757. The molecular formula is C14H26ClNO. The lowest BCUT2D eigenvalue weighted by molar-refractivity contribution is -0.124. The molecule has 1 saturated heterocycles. The molecule has 0 N–H and O–H groups in total. The van der Waals surface area contributed by atoms with Crippen molar-refractivity contribution in [3.8, 4) is 0 Å². The van der Waals surface area contributed by atoms with Gasteiger partial charge in [-0.25, -0.2) is 0 Å². The van der Waals surface area contributed by atoms with Crippen LogP contribution < -0.4 is 0 Å². The smallest absolute Gasteiger partial charge is 0.137 e. The van der Waals surface area contributed by atoms with Crippen molar-refractivity contribution < 1.29 is 4.79 Å². The lowest BCUT2D eigenvalue weighted by Crippen LogP contribution is -2.37. The van der Waals surface area contributed by atoms with Gasteiger partial charge in [-0.1, -0.05) is 25.7 Å². The Morgan fingerprint density at radius 2 is 1.59 bits per heavy atom. The maximum Gasteiger partial charge on any atom is 0.137 e. The van der Waals surface area contributed by atoms with Crippen LogP contribution in [0.5, 0.6) is 0 Å². The molecule has 100 valence electrons. The van der Waals surface area contributed by atoms with Gasteiger partial charge in [0.25, 0.3) is 0 Å². The molecule has 17 heavy (non-hydrogen) atoms. The Morgan fingerprint density at radius 3 is 2.35 bits per heavy atom. The second-order valence-electron chi connectivity index (χ2n) is 5.48. The van der Waals surface area contributed by atoms with E-state index in [4.69, 9.17) is 0 Å². The van der Waals surface area contributed by atoms with Crippen LogP contribution in [0.15, 0.2) is 0 Å². The van der Waals surface area contributed by atoms with Gasteiger partial charge in [0, 0.05) is 18.9 Å². The van der Waals surface area contributed by atoms with Crippen molar-refractivity contribution in [2.24, 2.45) is 5.92 Å². The van der Waals surface area contributed by atoms with Gasteiger partial charge < -0.3 is 4.90 Å². The topological polar surface area (TPSA) is 20.3 Å². The number of rotatable bonds is 2. The van der Waals surface area contributed by atoms with Crippen LogP contribution in [0, 0.1) is 5.92 Å². The van der Waals surface area contributed by atoms with Gasteiger partial charge in [-0.15, -0.1) is 12.4 Å². The molecular weight excluding hydrogens is 234 g/mol. The van der Waals surface area contributed by atoms with Crippen molar-refractivity contribution in [3.63, 3.8) is 0 Å². The summed E-state index contributed by atoms with van der Waals surface area (Å²) < 4.78 is 0. The summed E-state index contributed by atoms with van der Waals surface area (Å²) in [5.41, 5.74) is 0. The molecule has 1 atom stereocenters. The largest absolute Gasteiger partial charge is 0.303 e. The van der Waals surface area contributed by atoms with Gasteiger partial charge in [0.1, 0.15) is 5.78 Å². The highest BCUT2D eigenvalue weighted by Gasteiger charge is 2.23. The van der Waals surface area contributed by atoms with Gasteiger partial charge in [0.15, 0.2) is 0 Å². The van der Waals surface area contributed by atoms with E-state index in [1.165, 1.54) is 51.6 Å². The first kappa shape index (κ1) is 15.0. The van der Waals surface area contributed by atoms with Gasteiger partial charge in [-0.3, -0.25) is 4.79 Å². The predicted octanol–water partition coefficient (Wildman–Crippen LogP) is 3.43. The van der Waals surface area contributed by atoms with E-state index in [0.29, 0.717) is 11.7 Å². The first-order chi connectivity index (χ1) is 7.86. The fraction of sp³-hybridized carbons (Fsp3) is 0.929.